The number of nitrogens with one attached hydrogen (secondary N) is 1. The third-order valence-corrected chi connectivity index (χ3v) is 3.17. The molecule has 1 aliphatic rings. The Kier molecular flexibility index (Phi) is 4.04. The van der Waals surface area contributed by atoms with Crippen molar-refractivity contribution in [2.75, 3.05) is 6.61 Å². The number of hydrogen-bond donors (Lipinski definition) is 2. The number of aromatic carboxylic acids is 1. The van der Waals surface area contributed by atoms with Crippen LogP contribution in [0.1, 0.15) is 30.1 Å². The van der Waals surface area contributed by atoms with Gasteiger partial charge in [-0.1, -0.05) is 6.07 Å². The molecule has 0 heterocycles. The van der Waals surface area contributed by atoms with Gasteiger partial charge in [0.2, 0.25) is 0 Å². The number of carbonyl (C=O) groups excluding carboxylic acids is 1. The smallest absolute Gasteiger partial charge is 0.335 e. The Morgan fingerprint density at radius 2 is 2.21 bits per heavy atom. The number of ether oxygens (including phenoxy) is 1. The van der Waals surface area contributed by atoms with Crippen LogP contribution < -0.4 is 10.1 Å². The minimum absolute atomic E-state index is 0.0971. The molecule has 1 amide bonds. The Balaban J connectivity index is 1.82. The molecule has 1 fully saturated rings. The van der Waals surface area contributed by atoms with Crippen LogP contribution >= 0.6 is 0 Å². The molecule has 0 unspecified atom stereocenters. The van der Waals surface area contributed by atoms with Crippen molar-refractivity contribution in [2.45, 2.75) is 25.8 Å². The van der Waals surface area contributed by atoms with Gasteiger partial charge in [0.05, 0.1) is 5.56 Å². The minimum Gasteiger partial charge on any atom is -0.484 e. The average molecular weight is 263 g/mol. The van der Waals surface area contributed by atoms with Crippen molar-refractivity contribution in [3.05, 3.63) is 29.8 Å². The van der Waals surface area contributed by atoms with Crippen molar-refractivity contribution in [1.82, 2.24) is 5.32 Å². The first-order valence-electron chi connectivity index (χ1n) is 6.32. The largest absolute Gasteiger partial charge is 0.484 e. The molecule has 0 radical (unpaired) electrons. The van der Waals surface area contributed by atoms with E-state index < -0.39 is 5.97 Å². The summed E-state index contributed by atoms with van der Waals surface area (Å²) in [7, 11) is 0. The van der Waals surface area contributed by atoms with Crippen LogP contribution in [0.4, 0.5) is 0 Å². The lowest BCUT2D eigenvalue weighted by molar-refractivity contribution is -0.123. The predicted molar refractivity (Wildman–Crippen MR) is 69.2 cm³/mol. The number of amides is 1. The first kappa shape index (κ1) is 13.4. The molecule has 0 spiro atoms. The Bertz CT molecular complexity index is 482. The van der Waals surface area contributed by atoms with Crippen molar-refractivity contribution < 1.29 is 19.4 Å². The van der Waals surface area contributed by atoms with Crippen LogP contribution in [0, 0.1) is 5.92 Å². The summed E-state index contributed by atoms with van der Waals surface area (Å²) in [6, 6.07) is 6.28. The van der Waals surface area contributed by atoms with Crippen LogP contribution in [-0.4, -0.2) is 29.6 Å². The second kappa shape index (κ2) is 5.73. The topological polar surface area (TPSA) is 75.6 Å². The molecule has 0 saturated heterocycles. The first-order valence-corrected chi connectivity index (χ1v) is 6.32. The van der Waals surface area contributed by atoms with Crippen LogP contribution in [-0.2, 0) is 4.79 Å². The Hall–Kier alpha value is -2.04. The van der Waals surface area contributed by atoms with Gasteiger partial charge in [-0.05, 0) is 43.9 Å². The molecule has 1 aliphatic carbocycles. The predicted octanol–water partition coefficient (Wildman–Crippen LogP) is 1.68. The van der Waals surface area contributed by atoms with E-state index in [1.54, 1.807) is 12.1 Å². The van der Waals surface area contributed by atoms with Crippen LogP contribution in [0.25, 0.3) is 0 Å². The molecule has 0 bridgehead atoms. The zero-order chi connectivity index (χ0) is 13.8. The maximum absolute atomic E-state index is 11.6. The molecule has 102 valence electrons. The maximum atomic E-state index is 11.6. The van der Waals surface area contributed by atoms with Gasteiger partial charge in [-0.15, -0.1) is 0 Å². The van der Waals surface area contributed by atoms with E-state index in [1.165, 1.54) is 25.0 Å². The third-order valence-electron chi connectivity index (χ3n) is 3.17. The van der Waals surface area contributed by atoms with E-state index in [-0.39, 0.29) is 24.1 Å². The van der Waals surface area contributed by atoms with Crippen LogP contribution in [0.3, 0.4) is 0 Å². The van der Waals surface area contributed by atoms with Crippen molar-refractivity contribution >= 4 is 11.9 Å². The Morgan fingerprint density at radius 1 is 1.47 bits per heavy atom. The normalized spacial score (nSPS) is 15.6. The molecule has 0 aliphatic heterocycles. The van der Waals surface area contributed by atoms with Crippen LogP contribution in [0.5, 0.6) is 5.75 Å². The van der Waals surface area contributed by atoms with Crippen LogP contribution in [0.2, 0.25) is 0 Å². The van der Waals surface area contributed by atoms with E-state index in [1.807, 2.05) is 6.92 Å². The molecule has 19 heavy (non-hydrogen) atoms. The molecule has 5 nitrogen and oxygen atoms in total. The summed E-state index contributed by atoms with van der Waals surface area (Å²) < 4.78 is 5.28. The summed E-state index contributed by atoms with van der Waals surface area (Å²) in [4.78, 5) is 22.4. The zero-order valence-electron chi connectivity index (χ0n) is 10.8. The molecular weight excluding hydrogens is 246 g/mol. The Labute approximate surface area is 111 Å². The van der Waals surface area contributed by atoms with E-state index in [0.717, 1.165) is 0 Å². The lowest BCUT2D eigenvalue weighted by Crippen LogP contribution is -2.37. The molecule has 2 rings (SSSR count). The number of carboxylic acid groups (broad SMARTS) is 1. The molecule has 1 saturated carbocycles. The lowest BCUT2D eigenvalue weighted by atomic mass is 10.2. The second-order valence-electron chi connectivity index (χ2n) is 4.82. The number of carbonyl (C=O) groups is 2. The van der Waals surface area contributed by atoms with Gasteiger partial charge in [0.1, 0.15) is 5.75 Å². The quantitative estimate of drug-likeness (QED) is 0.818. The highest BCUT2D eigenvalue weighted by Crippen LogP contribution is 2.32. The monoisotopic (exact) mass is 263 g/mol. The average Bonchev–Trinajstić information content (AvgIpc) is 3.21. The maximum Gasteiger partial charge on any atom is 0.335 e. The number of rotatable bonds is 6. The van der Waals surface area contributed by atoms with Crippen molar-refractivity contribution in [3.63, 3.8) is 0 Å². The zero-order valence-corrected chi connectivity index (χ0v) is 10.8. The van der Waals surface area contributed by atoms with E-state index >= 15 is 0 Å². The third kappa shape index (κ3) is 3.98. The van der Waals surface area contributed by atoms with E-state index in [9.17, 15) is 9.59 Å². The highest BCUT2D eigenvalue weighted by molar-refractivity contribution is 5.88. The summed E-state index contributed by atoms with van der Waals surface area (Å²) in [5.74, 6) is -0.217. The van der Waals surface area contributed by atoms with Gasteiger partial charge in [-0.25, -0.2) is 4.79 Å². The molecule has 1 aromatic carbocycles. The number of carboxylic acids is 1. The van der Waals surface area contributed by atoms with Gasteiger partial charge in [-0.3, -0.25) is 4.79 Å². The highest BCUT2D eigenvalue weighted by Gasteiger charge is 2.28. The second-order valence-corrected chi connectivity index (χ2v) is 4.82. The number of hydrogen-bond acceptors (Lipinski definition) is 3. The Morgan fingerprint density at radius 3 is 2.84 bits per heavy atom. The molecule has 2 N–H and O–H groups in total. The van der Waals surface area contributed by atoms with Crippen molar-refractivity contribution in [1.29, 1.82) is 0 Å². The fourth-order valence-corrected chi connectivity index (χ4v) is 1.88. The van der Waals surface area contributed by atoms with E-state index in [2.05, 4.69) is 5.32 Å². The standard InChI is InChI=1S/C14H17NO4/c1-9(10-5-6-10)15-13(16)8-19-12-4-2-3-11(7-12)14(17)18/h2-4,7,9-10H,5-6,8H2,1H3,(H,15,16)(H,17,18)/t9-/m0/s1. The molecular formula is C14H17NO4. The van der Waals surface area contributed by atoms with Gasteiger partial charge in [0.25, 0.3) is 5.91 Å². The van der Waals surface area contributed by atoms with Gasteiger partial charge < -0.3 is 15.2 Å². The van der Waals surface area contributed by atoms with Gasteiger partial charge in [-0.2, -0.15) is 0 Å². The van der Waals surface area contributed by atoms with E-state index in [4.69, 9.17) is 9.84 Å². The summed E-state index contributed by atoms with van der Waals surface area (Å²) in [6.45, 7) is 1.89. The SMILES string of the molecule is C[C@H](NC(=O)COc1cccc(C(=O)O)c1)C1CC1. The molecule has 5 heteroatoms. The number of benzene rings is 1. The summed E-state index contributed by atoms with van der Waals surface area (Å²) >= 11 is 0. The molecule has 1 atom stereocenters. The van der Waals surface area contributed by atoms with Gasteiger partial charge in [0, 0.05) is 6.04 Å². The molecule has 1 aromatic rings. The van der Waals surface area contributed by atoms with Gasteiger partial charge >= 0.3 is 5.97 Å². The highest BCUT2D eigenvalue weighted by atomic mass is 16.5. The summed E-state index contributed by atoms with van der Waals surface area (Å²) in [5, 5.41) is 11.7. The fourth-order valence-electron chi connectivity index (χ4n) is 1.88. The first-order chi connectivity index (χ1) is 9.06. The lowest BCUT2D eigenvalue weighted by Gasteiger charge is -2.13. The van der Waals surface area contributed by atoms with Gasteiger partial charge in [0.15, 0.2) is 6.61 Å². The van der Waals surface area contributed by atoms with Crippen molar-refractivity contribution in [3.8, 4) is 5.75 Å². The molecule has 0 aromatic heterocycles. The minimum atomic E-state index is -1.02. The van der Waals surface area contributed by atoms with E-state index in [0.29, 0.717) is 11.7 Å². The summed E-state index contributed by atoms with van der Waals surface area (Å²) in [6.07, 6.45) is 2.34. The fraction of sp³-hybridized carbons (Fsp3) is 0.429. The van der Waals surface area contributed by atoms with Crippen molar-refractivity contribution in [2.24, 2.45) is 5.92 Å². The van der Waals surface area contributed by atoms with Crippen LogP contribution in [0.15, 0.2) is 24.3 Å². The summed E-state index contributed by atoms with van der Waals surface area (Å²) in [5.41, 5.74) is 0.143.